The first-order valence-corrected chi connectivity index (χ1v) is 5.81. The molecule has 0 unspecified atom stereocenters. The number of aliphatic imine (C=N–C) groups is 1. The van der Waals surface area contributed by atoms with Crippen LogP contribution >= 0.6 is 0 Å². The molecule has 19 heavy (non-hydrogen) atoms. The van der Waals surface area contributed by atoms with Gasteiger partial charge in [-0.1, -0.05) is 6.08 Å². The number of carboxylic acid groups (broad SMARTS) is 1. The van der Waals surface area contributed by atoms with Gasteiger partial charge in [-0.2, -0.15) is 0 Å². The van der Waals surface area contributed by atoms with Gasteiger partial charge >= 0.3 is 57.4 Å². The number of carbonyl (C=O) groups is 1. The van der Waals surface area contributed by atoms with Crippen LogP contribution in [0.25, 0.3) is 0 Å². The Morgan fingerprint density at radius 2 is 1.84 bits per heavy atom. The third-order valence-corrected chi connectivity index (χ3v) is 1.93. The van der Waals surface area contributed by atoms with Crippen LogP contribution in [0, 0.1) is 0 Å². The number of hydrogen-bond acceptors (Lipinski definition) is 5. The second kappa shape index (κ2) is 16.0. The van der Waals surface area contributed by atoms with E-state index in [1.807, 2.05) is 6.08 Å². The first-order valence-electron chi connectivity index (χ1n) is 5.81. The van der Waals surface area contributed by atoms with Crippen molar-refractivity contribution in [3.8, 4) is 0 Å². The normalized spacial score (nSPS) is 11.3. The maximum atomic E-state index is 11.0. The van der Waals surface area contributed by atoms with Crippen LogP contribution in [-0.2, 0) is 4.79 Å². The Labute approximate surface area is 156 Å². The van der Waals surface area contributed by atoms with Crippen molar-refractivity contribution in [2.75, 3.05) is 32.7 Å². The SMILES string of the molecule is C=CCCNCCNCCN=C([O-])/C=C/C(=O)O.[K+]. The smallest absolute Gasteiger partial charge is 0.859 e. The Morgan fingerprint density at radius 1 is 1.21 bits per heavy atom. The predicted octanol–water partition coefficient (Wildman–Crippen LogP) is -3.85. The minimum absolute atomic E-state index is 0. The van der Waals surface area contributed by atoms with E-state index in [1.54, 1.807) is 0 Å². The van der Waals surface area contributed by atoms with Gasteiger partial charge in [-0.05, 0) is 24.9 Å². The molecule has 0 radical (unpaired) electrons. The molecule has 0 aromatic rings. The summed E-state index contributed by atoms with van der Waals surface area (Å²) in [4.78, 5) is 13.8. The van der Waals surface area contributed by atoms with Gasteiger partial charge in [0.25, 0.3) is 0 Å². The van der Waals surface area contributed by atoms with Crippen molar-refractivity contribution in [1.82, 2.24) is 10.6 Å². The van der Waals surface area contributed by atoms with Gasteiger partial charge in [-0.15, -0.1) is 6.58 Å². The summed E-state index contributed by atoms with van der Waals surface area (Å²) in [6.45, 7) is 7.11. The molecule has 0 spiro atoms. The van der Waals surface area contributed by atoms with Crippen molar-refractivity contribution in [3.05, 3.63) is 24.8 Å². The average molecular weight is 293 g/mol. The van der Waals surface area contributed by atoms with Crippen LogP contribution < -0.4 is 67.1 Å². The van der Waals surface area contributed by atoms with Crippen molar-refractivity contribution in [2.24, 2.45) is 4.99 Å². The van der Waals surface area contributed by atoms with Gasteiger partial charge in [0, 0.05) is 25.7 Å². The zero-order chi connectivity index (χ0) is 13.6. The second-order valence-corrected chi connectivity index (χ2v) is 3.47. The molecule has 3 N–H and O–H groups in total. The summed E-state index contributed by atoms with van der Waals surface area (Å²) in [5.74, 6) is -1.68. The van der Waals surface area contributed by atoms with E-state index in [-0.39, 0.29) is 51.4 Å². The van der Waals surface area contributed by atoms with Crippen LogP contribution in [0.4, 0.5) is 0 Å². The minimum atomic E-state index is -1.15. The van der Waals surface area contributed by atoms with Gasteiger partial charge in [-0.25, -0.2) is 4.79 Å². The van der Waals surface area contributed by atoms with E-state index in [2.05, 4.69) is 22.2 Å². The summed E-state index contributed by atoms with van der Waals surface area (Å²) < 4.78 is 0. The van der Waals surface area contributed by atoms with Crippen molar-refractivity contribution in [1.29, 1.82) is 0 Å². The fourth-order valence-electron chi connectivity index (χ4n) is 1.07. The maximum Gasteiger partial charge on any atom is 1.00 e. The van der Waals surface area contributed by atoms with Crippen molar-refractivity contribution in [2.45, 2.75) is 6.42 Å². The topological polar surface area (TPSA) is 96.8 Å². The largest absolute Gasteiger partial charge is 1.00 e. The molecule has 102 valence electrons. The van der Waals surface area contributed by atoms with Crippen LogP contribution in [0.3, 0.4) is 0 Å². The quantitative estimate of drug-likeness (QED) is 0.0905. The first-order chi connectivity index (χ1) is 8.66. The number of hydrogen-bond donors (Lipinski definition) is 3. The van der Waals surface area contributed by atoms with Crippen LogP contribution in [0.1, 0.15) is 6.42 Å². The van der Waals surface area contributed by atoms with Crippen molar-refractivity contribution >= 4 is 11.9 Å². The molecule has 0 atom stereocenters. The van der Waals surface area contributed by atoms with E-state index in [9.17, 15) is 9.90 Å². The minimum Gasteiger partial charge on any atom is -0.859 e. The van der Waals surface area contributed by atoms with E-state index < -0.39 is 11.9 Å². The van der Waals surface area contributed by atoms with Crippen LogP contribution in [0.2, 0.25) is 0 Å². The van der Waals surface area contributed by atoms with Gasteiger partial charge in [0.15, 0.2) is 0 Å². The Hall–Kier alpha value is -0.0236. The molecule has 0 saturated heterocycles. The van der Waals surface area contributed by atoms with Crippen LogP contribution in [0.15, 0.2) is 29.8 Å². The summed E-state index contributed by atoms with van der Waals surface area (Å²) in [5, 5.41) is 25.6. The molecule has 0 heterocycles. The first kappa shape index (κ1) is 21.3. The monoisotopic (exact) mass is 293 g/mol. The Kier molecular flexibility index (Phi) is 18.0. The molecule has 7 heteroatoms. The molecule has 0 aromatic heterocycles. The summed E-state index contributed by atoms with van der Waals surface area (Å²) >= 11 is 0. The van der Waals surface area contributed by atoms with Crippen LogP contribution in [-0.4, -0.2) is 49.7 Å². The standard InChI is InChI=1S/C12H21N3O3.K/c1-2-3-6-13-7-8-14-9-10-15-11(16)4-5-12(17)18;/h2,4-5,13-14H,1,3,6-10H2,(H,15,16)(H,17,18);/q;+1/p-1/b5-4+;. The van der Waals surface area contributed by atoms with E-state index >= 15 is 0 Å². The summed E-state index contributed by atoms with van der Waals surface area (Å²) in [6, 6.07) is 0. The fraction of sp³-hybridized carbons (Fsp3) is 0.500. The number of nitrogens with zero attached hydrogens (tertiary/aromatic N) is 1. The van der Waals surface area contributed by atoms with Crippen molar-refractivity contribution < 1.29 is 66.4 Å². The number of nitrogens with one attached hydrogen (secondary N) is 2. The molecule has 0 saturated carbocycles. The molecule has 0 rings (SSSR count). The Balaban J connectivity index is 0. The third-order valence-electron chi connectivity index (χ3n) is 1.93. The molecule has 0 aliphatic heterocycles. The number of rotatable bonds is 11. The molecule has 0 aromatic carbocycles. The summed E-state index contributed by atoms with van der Waals surface area (Å²) in [7, 11) is 0. The van der Waals surface area contributed by atoms with Gasteiger partial charge in [0.2, 0.25) is 0 Å². The summed E-state index contributed by atoms with van der Waals surface area (Å²) in [6.07, 6.45) is 4.53. The van der Waals surface area contributed by atoms with E-state index in [1.165, 1.54) is 0 Å². The van der Waals surface area contributed by atoms with Gasteiger partial charge < -0.3 is 20.8 Å². The van der Waals surface area contributed by atoms with Gasteiger partial charge in [0.1, 0.15) is 0 Å². The molecular weight excluding hydrogens is 273 g/mol. The van der Waals surface area contributed by atoms with E-state index in [0.29, 0.717) is 13.1 Å². The third kappa shape index (κ3) is 18.0. The zero-order valence-corrected chi connectivity index (χ0v) is 14.5. The molecule has 0 bridgehead atoms. The van der Waals surface area contributed by atoms with Gasteiger partial charge in [-0.3, -0.25) is 4.99 Å². The molecule has 6 nitrogen and oxygen atoms in total. The molecule has 0 amide bonds. The van der Waals surface area contributed by atoms with Crippen molar-refractivity contribution in [3.63, 3.8) is 0 Å². The van der Waals surface area contributed by atoms with E-state index in [4.69, 9.17) is 5.11 Å². The maximum absolute atomic E-state index is 11.0. The molecule has 0 aliphatic carbocycles. The Morgan fingerprint density at radius 3 is 2.42 bits per heavy atom. The predicted molar refractivity (Wildman–Crippen MR) is 69.6 cm³/mol. The van der Waals surface area contributed by atoms with Gasteiger partial charge in [0.05, 0.1) is 6.54 Å². The Bertz CT molecular complexity index is 307. The van der Waals surface area contributed by atoms with Crippen LogP contribution in [0.5, 0.6) is 0 Å². The fourth-order valence-corrected chi connectivity index (χ4v) is 1.07. The zero-order valence-electron chi connectivity index (χ0n) is 11.4. The van der Waals surface area contributed by atoms with E-state index in [0.717, 1.165) is 38.2 Å². The second-order valence-electron chi connectivity index (χ2n) is 3.47. The number of aliphatic carboxylic acids is 1. The molecule has 0 fully saturated rings. The number of carboxylic acids is 1. The summed E-state index contributed by atoms with van der Waals surface area (Å²) in [5.41, 5.74) is 0. The average Bonchev–Trinajstić information content (AvgIpc) is 2.34. The molecule has 0 aliphatic rings. The molecular formula is C12H20KN3O3.